The predicted octanol–water partition coefficient (Wildman–Crippen LogP) is -1.28. The first-order valence-electron chi connectivity index (χ1n) is 6.86. The fourth-order valence-electron chi connectivity index (χ4n) is 2.78. The summed E-state index contributed by atoms with van der Waals surface area (Å²) >= 11 is 0. The van der Waals surface area contributed by atoms with Crippen LogP contribution in [-0.2, 0) is 19.4 Å². The highest BCUT2D eigenvalue weighted by Gasteiger charge is 2.40. The molecule has 9 heteroatoms. The second-order valence-electron chi connectivity index (χ2n) is 5.54. The number of sulfone groups is 1. The number of rotatable bonds is 3. The molecule has 3 atom stereocenters. The van der Waals surface area contributed by atoms with Crippen LogP contribution in [0, 0.1) is 0 Å². The molecule has 2 aliphatic heterocycles. The number of carbonyl (C=O) groups is 2. The number of amides is 3. The van der Waals surface area contributed by atoms with E-state index < -0.39 is 22.0 Å². The summed E-state index contributed by atoms with van der Waals surface area (Å²) in [7, 11) is -1.73. The molecule has 0 aromatic rings. The molecule has 2 aliphatic rings. The molecule has 2 N–H and O–H groups in total. The van der Waals surface area contributed by atoms with E-state index >= 15 is 0 Å². The molecule has 0 bridgehead atoms. The zero-order valence-corrected chi connectivity index (χ0v) is 13.0. The van der Waals surface area contributed by atoms with Gasteiger partial charge in [0.2, 0.25) is 5.91 Å². The van der Waals surface area contributed by atoms with Gasteiger partial charge in [-0.1, -0.05) is 0 Å². The molecule has 8 nitrogen and oxygen atoms in total. The van der Waals surface area contributed by atoms with Gasteiger partial charge in [-0.2, -0.15) is 0 Å². The van der Waals surface area contributed by atoms with Crippen LogP contribution in [0.25, 0.3) is 0 Å². The summed E-state index contributed by atoms with van der Waals surface area (Å²) in [6, 6.07) is -0.877. The molecular formula is C12H21N3O5S. The summed E-state index contributed by atoms with van der Waals surface area (Å²) in [5.41, 5.74) is 0. The molecule has 0 aromatic heterocycles. The molecule has 0 spiro atoms. The molecule has 2 fully saturated rings. The second kappa shape index (κ2) is 6.18. The Hall–Kier alpha value is -1.35. The van der Waals surface area contributed by atoms with Crippen molar-refractivity contribution in [2.75, 3.05) is 31.7 Å². The molecule has 21 heavy (non-hydrogen) atoms. The maximum absolute atomic E-state index is 12.2. The van der Waals surface area contributed by atoms with E-state index in [9.17, 15) is 18.0 Å². The van der Waals surface area contributed by atoms with Crippen molar-refractivity contribution in [3.63, 3.8) is 0 Å². The number of methoxy groups -OCH3 is 1. The van der Waals surface area contributed by atoms with Crippen molar-refractivity contribution in [1.82, 2.24) is 15.5 Å². The van der Waals surface area contributed by atoms with Gasteiger partial charge in [0.15, 0.2) is 9.84 Å². The van der Waals surface area contributed by atoms with Gasteiger partial charge in [0.05, 0.1) is 23.7 Å². The lowest BCUT2D eigenvalue weighted by molar-refractivity contribution is -0.119. The van der Waals surface area contributed by atoms with Gasteiger partial charge >= 0.3 is 6.03 Å². The van der Waals surface area contributed by atoms with Gasteiger partial charge in [-0.25, -0.2) is 13.2 Å². The van der Waals surface area contributed by atoms with Crippen LogP contribution in [-0.4, -0.2) is 75.1 Å². The highest BCUT2D eigenvalue weighted by molar-refractivity contribution is 7.91. The number of ether oxygens (including phenoxy) is 1. The second-order valence-corrected chi connectivity index (χ2v) is 7.69. The molecule has 3 amide bonds. The first-order valence-corrected chi connectivity index (χ1v) is 8.68. The Morgan fingerprint density at radius 3 is 2.57 bits per heavy atom. The van der Waals surface area contributed by atoms with Gasteiger partial charge in [0, 0.05) is 33.2 Å². The van der Waals surface area contributed by atoms with Crippen LogP contribution in [0.15, 0.2) is 0 Å². The Bertz CT molecular complexity index is 521. The van der Waals surface area contributed by atoms with Crippen LogP contribution in [0.3, 0.4) is 0 Å². The Morgan fingerprint density at radius 1 is 1.24 bits per heavy atom. The monoisotopic (exact) mass is 319 g/mol. The van der Waals surface area contributed by atoms with Gasteiger partial charge < -0.3 is 20.3 Å². The normalized spacial score (nSPS) is 31.1. The predicted molar refractivity (Wildman–Crippen MR) is 75.6 cm³/mol. The maximum Gasteiger partial charge on any atom is 0.317 e. The minimum atomic E-state index is -3.17. The summed E-state index contributed by atoms with van der Waals surface area (Å²) < 4.78 is 28.3. The topological polar surface area (TPSA) is 105 Å². The summed E-state index contributed by atoms with van der Waals surface area (Å²) in [6.07, 6.45) is 0.191. The standard InChI is InChI=1S/C12H21N3O5S/c1-8(16)13-9-3-4-15(5-9)12(17)14-10-6-21(18,19)7-11(10)20-2/h9-11H,3-7H2,1-2H3,(H,13,16)(H,14,17). The Balaban J connectivity index is 1.89. The number of carbonyl (C=O) groups excluding carboxylic acids is 2. The zero-order chi connectivity index (χ0) is 15.6. The molecule has 0 radical (unpaired) electrons. The lowest BCUT2D eigenvalue weighted by atomic mass is 10.2. The molecule has 0 aliphatic carbocycles. The Labute approximate surface area is 124 Å². The molecule has 2 heterocycles. The van der Waals surface area contributed by atoms with Crippen molar-refractivity contribution in [2.24, 2.45) is 0 Å². The minimum Gasteiger partial charge on any atom is -0.378 e. The van der Waals surface area contributed by atoms with Crippen LogP contribution in [0.2, 0.25) is 0 Å². The molecule has 0 saturated carbocycles. The minimum absolute atomic E-state index is 0.0428. The van der Waals surface area contributed by atoms with Crippen LogP contribution < -0.4 is 10.6 Å². The van der Waals surface area contributed by atoms with Gasteiger partial charge in [0.25, 0.3) is 0 Å². The average Bonchev–Trinajstić information content (AvgIpc) is 2.92. The van der Waals surface area contributed by atoms with Gasteiger partial charge in [-0.05, 0) is 6.42 Å². The molecule has 0 aromatic carbocycles. The average molecular weight is 319 g/mol. The van der Waals surface area contributed by atoms with E-state index in [0.29, 0.717) is 19.5 Å². The maximum atomic E-state index is 12.2. The van der Waals surface area contributed by atoms with E-state index in [1.807, 2.05) is 0 Å². The van der Waals surface area contributed by atoms with Gasteiger partial charge in [0.1, 0.15) is 0 Å². The third kappa shape index (κ3) is 4.07. The van der Waals surface area contributed by atoms with Crippen molar-refractivity contribution < 1.29 is 22.7 Å². The number of likely N-dealkylation sites (tertiary alicyclic amines) is 1. The van der Waals surface area contributed by atoms with Crippen LogP contribution in [0.1, 0.15) is 13.3 Å². The van der Waals surface area contributed by atoms with Crippen LogP contribution in [0.5, 0.6) is 0 Å². The summed E-state index contributed by atoms with van der Waals surface area (Å²) in [6.45, 7) is 2.41. The van der Waals surface area contributed by atoms with E-state index in [1.165, 1.54) is 14.0 Å². The summed E-state index contributed by atoms with van der Waals surface area (Å²) in [5.74, 6) is -0.285. The SMILES string of the molecule is COC1CS(=O)(=O)CC1NC(=O)N1CCC(NC(C)=O)C1. The molecule has 3 unspecified atom stereocenters. The van der Waals surface area contributed by atoms with E-state index in [1.54, 1.807) is 4.90 Å². The zero-order valence-electron chi connectivity index (χ0n) is 12.2. The van der Waals surface area contributed by atoms with Crippen LogP contribution in [0.4, 0.5) is 4.79 Å². The van der Waals surface area contributed by atoms with Crippen molar-refractivity contribution in [2.45, 2.75) is 31.5 Å². The molecule has 2 rings (SSSR count). The lowest BCUT2D eigenvalue weighted by Crippen LogP contribution is -2.49. The number of nitrogens with one attached hydrogen (secondary N) is 2. The van der Waals surface area contributed by atoms with Crippen molar-refractivity contribution in [3.8, 4) is 0 Å². The summed E-state index contributed by atoms with van der Waals surface area (Å²) in [4.78, 5) is 24.7. The largest absolute Gasteiger partial charge is 0.378 e. The Kier molecular flexibility index (Phi) is 4.72. The first kappa shape index (κ1) is 16.0. The molecular weight excluding hydrogens is 298 g/mol. The Morgan fingerprint density at radius 2 is 1.95 bits per heavy atom. The van der Waals surface area contributed by atoms with Crippen molar-refractivity contribution >= 4 is 21.8 Å². The smallest absolute Gasteiger partial charge is 0.317 e. The first-order chi connectivity index (χ1) is 9.80. The number of hydrogen-bond donors (Lipinski definition) is 2. The number of hydrogen-bond acceptors (Lipinski definition) is 5. The lowest BCUT2D eigenvalue weighted by Gasteiger charge is -2.23. The quantitative estimate of drug-likeness (QED) is 0.674. The summed E-state index contributed by atoms with van der Waals surface area (Å²) in [5, 5.41) is 5.49. The van der Waals surface area contributed by atoms with E-state index in [-0.39, 0.29) is 29.5 Å². The third-order valence-electron chi connectivity index (χ3n) is 3.79. The number of urea groups is 1. The van der Waals surface area contributed by atoms with Gasteiger partial charge in [-0.15, -0.1) is 0 Å². The van der Waals surface area contributed by atoms with Crippen molar-refractivity contribution in [1.29, 1.82) is 0 Å². The number of nitrogens with zero attached hydrogens (tertiary/aromatic N) is 1. The molecule has 2 saturated heterocycles. The highest BCUT2D eigenvalue weighted by atomic mass is 32.2. The third-order valence-corrected chi connectivity index (χ3v) is 5.50. The van der Waals surface area contributed by atoms with E-state index in [2.05, 4.69) is 10.6 Å². The van der Waals surface area contributed by atoms with Crippen LogP contribution >= 0.6 is 0 Å². The fourth-order valence-corrected chi connectivity index (χ4v) is 4.63. The van der Waals surface area contributed by atoms with E-state index in [4.69, 9.17) is 4.74 Å². The highest BCUT2D eigenvalue weighted by Crippen LogP contribution is 2.16. The van der Waals surface area contributed by atoms with Gasteiger partial charge in [-0.3, -0.25) is 4.79 Å². The molecule has 120 valence electrons. The van der Waals surface area contributed by atoms with Crippen molar-refractivity contribution in [3.05, 3.63) is 0 Å². The van der Waals surface area contributed by atoms with E-state index in [0.717, 1.165) is 0 Å². The fraction of sp³-hybridized carbons (Fsp3) is 0.833.